The summed E-state index contributed by atoms with van der Waals surface area (Å²) < 4.78 is 4.51. The molecular formula is C6H14N2O2S. The van der Waals surface area contributed by atoms with Crippen molar-refractivity contribution >= 4 is 17.7 Å². The number of carbonyl (C=O) groups is 1. The van der Waals surface area contributed by atoms with Crippen LogP contribution in [0.2, 0.25) is 0 Å². The average Bonchev–Trinajstić information content (AvgIpc) is 2.00. The Labute approximate surface area is 70.6 Å². The molecule has 0 aliphatic rings. The van der Waals surface area contributed by atoms with E-state index in [1.807, 2.05) is 6.26 Å². The fourth-order valence-electron chi connectivity index (χ4n) is 0.552. The van der Waals surface area contributed by atoms with Crippen LogP contribution in [0.4, 0.5) is 0 Å². The first-order valence-corrected chi connectivity index (χ1v) is 4.73. The first kappa shape index (κ1) is 10.7. The van der Waals surface area contributed by atoms with E-state index < -0.39 is 12.0 Å². The minimum atomic E-state index is -0.522. The normalized spacial score (nSPS) is 12.6. The van der Waals surface area contributed by atoms with Crippen LogP contribution in [-0.2, 0) is 9.53 Å². The highest BCUT2D eigenvalue weighted by Gasteiger charge is 2.12. The molecule has 1 atom stereocenters. The summed E-state index contributed by atoms with van der Waals surface area (Å²) in [6, 6.07) is -0.522. The molecule has 0 saturated heterocycles. The van der Waals surface area contributed by atoms with Gasteiger partial charge in [-0.2, -0.15) is 11.8 Å². The molecule has 4 nitrogen and oxygen atoms in total. The zero-order chi connectivity index (χ0) is 8.69. The summed E-state index contributed by atoms with van der Waals surface area (Å²) >= 11 is 1.65. The van der Waals surface area contributed by atoms with E-state index in [0.29, 0.717) is 6.42 Å². The van der Waals surface area contributed by atoms with Gasteiger partial charge >= 0.3 is 5.97 Å². The smallest absolute Gasteiger partial charge is 0.324 e. The molecule has 5 heteroatoms. The van der Waals surface area contributed by atoms with Crippen LogP contribution in [0.25, 0.3) is 0 Å². The molecule has 66 valence electrons. The molecule has 4 N–H and O–H groups in total. The van der Waals surface area contributed by atoms with E-state index >= 15 is 0 Å². The van der Waals surface area contributed by atoms with Crippen molar-refractivity contribution in [1.29, 1.82) is 0 Å². The molecule has 0 radical (unpaired) electrons. The zero-order valence-corrected chi connectivity index (χ0v) is 7.39. The van der Waals surface area contributed by atoms with Gasteiger partial charge in [-0.3, -0.25) is 10.5 Å². The monoisotopic (exact) mass is 178 g/mol. The first-order valence-electron chi connectivity index (χ1n) is 3.33. The van der Waals surface area contributed by atoms with Crippen LogP contribution >= 0.6 is 11.8 Å². The molecule has 0 rings (SSSR count). The standard InChI is InChI=1S/C6H14N2O2S/c1-11-3-2-5(8)6(9)10-4-7/h5H,2-4,7-8H2,1H3/t5-/m0/s1. The van der Waals surface area contributed by atoms with Gasteiger partial charge in [0.05, 0.1) is 0 Å². The van der Waals surface area contributed by atoms with Crippen LogP contribution in [0.15, 0.2) is 0 Å². The molecule has 0 aromatic carbocycles. The highest BCUT2D eigenvalue weighted by Crippen LogP contribution is 1.99. The average molecular weight is 178 g/mol. The summed E-state index contributed by atoms with van der Waals surface area (Å²) in [4.78, 5) is 10.8. The fraction of sp³-hybridized carbons (Fsp3) is 0.833. The van der Waals surface area contributed by atoms with Gasteiger partial charge in [-0.1, -0.05) is 0 Å². The second kappa shape index (κ2) is 6.45. The van der Waals surface area contributed by atoms with Crippen molar-refractivity contribution in [1.82, 2.24) is 0 Å². The molecule has 0 aromatic rings. The van der Waals surface area contributed by atoms with Gasteiger partial charge in [0.2, 0.25) is 0 Å². The van der Waals surface area contributed by atoms with Gasteiger partial charge < -0.3 is 10.5 Å². The molecule has 0 spiro atoms. The summed E-state index contributed by atoms with van der Waals surface area (Å²) in [6.45, 7) is -0.0915. The van der Waals surface area contributed by atoms with Gasteiger partial charge in [-0.15, -0.1) is 0 Å². The minimum Gasteiger partial charge on any atom is -0.449 e. The molecule has 0 bridgehead atoms. The topological polar surface area (TPSA) is 78.3 Å². The van der Waals surface area contributed by atoms with Crippen molar-refractivity contribution in [3.05, 3.63) is 0 Å². The molecule has 0 saturated carbocycles. The van der Waals surface area contributed by atoms with E-state index in [1.165, 1.54) is 0 Å². The van der Waals surface area contributed by atoms with E-state index in [0.717, 1.165) is 5.75 Å². The maximum Gasteiger partial charge on any atom is 0.324 e. The van der Waals surface area contributed by atoms with Crippen LogP contribution < -0.4 is 11.5 Å². The van der Waals surface area contributed by atoms with Crippen molar-refractivity contribution in [3.63, 3.8) is 0 Å². The fourth-order valence-corrected chi connectivity index (χ4v) is 1.04. The first-order chi connectivity index (χ1) is 5.22. The number of nitrogens with two attached hydrogens (primary N) is 2. The van der Waals surface area contributed by atoms with Crippen LogP contribution in [0.3, 0.4) is 0 Å². The Kier molecular flexibility index (Phi) is 6.30. The van der Waals surface area contributed by atoms with Gasteiger partial charge in [-0.25, -0.2) is 0 Å². The van der Waals surface area contributed by atoms with E-state index in [4.69, 9.17) is 11.5 Å². The summed E-state index contributed by atoms with van der Waals surface area (Å²) in [5, 5.41) is 0. The third-order valence-corrected chi connectivity index (χ3v) is 1.81. The zero-order valence-electron chi connectivity index (χ0n) is 6.58. The number of esters is 1. The molecule has 0 amide bonds. The van der Waals surface area contributed by atoms with Crippen molar-refractivity contribution < 1.29 is 9.53 Å². The molecule has 0 aliphatic heterocycles. The van der Waals surface area contributed by atoms with Gasteiger partial charge in [0.15, 0.2) is 0 Å². The molecule has 0 heterocycles. The Balaban J connectivity index is 3.46. The predicted octanol–water partition coefficient (Wildman–Crippen LogP) is -0.474. The second-order valence-corrected chi connectivity index (χ2v) is 3.00. The Hall–Kier alpha value is -0.260. The molecule has 0 fully saturated rings. The van der Waals surface area contributed by atoms with Crippen molar-refractivity contribution in [2.45, 2.75) is 12.5 Å². The summed E-state index contributed by atoms with van der Waals surface area (Å²) in [6.07, 6.45) is 2.60. The second-order valence-electron chi connectivity index (χ2n) is 2.02. The van der Waals surface area contributed by atoms with Crippen LogP contribution in [-0.4, -0.2) is 30.8 Å². The van der Waals surface area contributed by atoms with Crippen molar-refractivity contribution in [2.24, 2.45) is 11.5 Å². The molecule has 0 aromatic heterocycles. The van der Waals surface area contributed by atoms with Gasteiger partial charge in [0.1, 0.15) is 12.8 Å². The lowest BCUT2D eigenvalue weighted by Gasteiger charge is -2.08. The largest absolute Gasteiger partial charge is 0.449 e. The lowest BCUT2D eigenvalue weighted by Crippen LogP contribution is -2.34. The Bertz CT molecular complexity index is 121. The minimum absolute atomic E-state index is 0.0915. The lowest BCUT2D eigenvalue weighted by molar-refractivity contribution is -0.145. The Morgan fingerprint density at radius 3 is 2.82 bits per heavy atom. The summed E-state index contributed by atoms with van der Waals surface area (Å²) in [5.74, 6) is 0.447. The number of hydrogen-bond donors (Lipinski definition) is 2. The number of carbonyl (C=O) groups excluding carboxylic acids is 1. The van der Waals surface area contributed by atoms with Crippen LogP contribution in [0.1, 0.15) is 6.42 Å². The lowest BCUT2D eigenvalue weighted by atomic mass is 10.2. The van der Waals surface area contributed by atoms with Crippen molar-refractivity contribution in [3.8, 4) is 0 Å². The third kappa shape index (κ3) is 5.06. The quantitative estimate of drug-likeness (QED) is 0.439. The number of ether oxygens (including phenoxy) is 1. The number of rotatable bonds is 5. The highest BCUT2D eigenvalue weighted by molar-refractivity contribution is 7.98. The molecule has 0 aliphatic carbocycles. The molecule has 11 heavy (non-hydrogen) atoms. The Morgan fingerprint density at radius 1 is 1.73 bits per heavy atom. The predicted molar refractivity (Wildman–Crippen MR) is 46.1 cm³/mol. The molecule has 0 unspecified atom stereocenters. The van der Waals surface area contributed by atoms with Crippen LogP contribution in [0, 0.1) is 0 Å². The van der Waals surface area contributed by atoms with Gasteiger partial charge in [0.25, 0.3) is 0 Å². The number of hydrogen-bond acceptors (Lipinski definition) is 5. The third-order valence-electron chi connectivity index (χ3n) is 1.16. The SMILES string of the molecule is CSCC[C@H](N)C(=O)OCN. The highest BCUT2D eigenvalue weighted by atomic mass is 32.2. The summed E-state index contributed by atoms with van der Waals surface area (Å²) in [7, 11) is 0. The van der Waals surface area contributed by atoms with Crippen molar-refractivity contribution in [2.75, 3.05) is 18.7 Å². The van der Waals surface area contributed by atoms with E-state index in [9.17, 15) is 4.79 Å². The maximum atomic E-state index is 10.8. The van der Waals surface area contributed by atoms with E-state index in [-0.39, 0.29) is 6.73 Å². The van der Waals surface area contributed by atoms with Crippen LogP contribution in [0.5, 0.6) is 0 Å². The summed E-state index contributed by atoms with van der Waals surface area (Å²) in [5.41, 5.74) is 10.4. The van der Waals surface area contributed by atoms with Gasteiger partial charge in [-0.05, 0) is 18.4 Å². The maximum absolute atomic E-state index is 10.8. The Morgan fingerprint density at radius 2 is 2.36 bits per heavy atom. The van der Waals surface area contributed by atoms with Gasteiger partial charge in [0, 0.05) is 0 Å². The van der Waals surface area contributed by atoms with E-state index in [2.05, 4.69) is 4.74 Å². The number of thioether (sulfide) groups is 1. The molecular weight excluding hydrogens is 164 g/mol. The van der Waals surface area contributed by atoms with E-state index in [1.54, 1.807) is 11.8 Å².